The van der Waals surface area contributed by atoms with Crippen molar-refractivity contribution >= 4 is 33.1 Å². The van der Waals surface area contributed by atoms with Gasteiger partial charge in [0.1, 0.15) is 11.5 Å². The number of primary sulfonamides is 1. The Bertz CT molecular complexity index is 1150. The number of hydrogen-bond donors (Lipinski definition) is 3. The van der Waals surface area contributed by atoms with E-state index >= 15 is 0 Å². The van der Waals surface area contributed by atoms with Gasteiger partial charge in [0.2, 0.25) is 10.0 Å². The maximum atomic E-state index is 13.2. The predicted octanol–water partition coefficient (Wildman–Crippen LogP) is 1.84. The SMILES string of the molecule is NC(=Nc1ccc(F)c(Cl)c1)c1nonc1CNCc1ccc(S(N)(=O)=O)cc1. The molecule has 9 nitrogen and oxygen atoms in total. The Balaban J connectivity index is 1.65. The molecule has 0 atom stereocenters. The number of nitrogens with two attached hydrogens (primary N) is 2. The van der Waals surface area contributed by atoms with Gasteiger partial charge in [-0.2, -0.15) is 0 Å². The fourth-order valence-electron chi connectivity index (χ4n) is 2.39. The Kier molecular flexibility index (Phi) is 6.23. The summed E-state index contributed by atoms with van der Waals surface area (Å²) in [6, 6.07) is 10.1. The second-order valence-electron chi connectivity index (χ2n) is 5.95. The number of rotatable bonds is 7. The third kappa shape index (κ3) is 5.35. The minimum atomic E-state index is -3.73. The van der Waals surface area contributed by atoms with Gasteiger partial charge in [-0.05, 0) is 41.1 Å². The van der Waals surface area contributed by atoms with Crippen molar-refractivity contribution in [2.24, 2.45) is 15.9 Å². The summed E-state index contributed by atoms with van der Waals surface area (Å²) in [4.78, 5) is 4.18. The molecule has 3 rings (SSSR count). The molecule has 1 aromatic heterocycles. The molecule has 0 saturated carbocycles. The zero-order valence-electron chi connectivity index (χ0n) is 14.8. The van der Waals surface area contributed by atoms with Gasteiger partial charge in [-0.25, -0.2) is 27.6 Å². The van der Waals surface area contributed by atoms with Crippen LogP contribution in [0.5, 0.6) is 0 Å². The van der Waals surface area contributed by atoms with E-state index in [0.29, 0.717) is 17.9 Å². The van der Waals surface area contributed by atoms with Crippen LogP contribution in [0.3, 0.4) is 0 Å². The minimum Gasteiger partial charge on any atom is -0.382 e. The van der Waals surface area contributed by atoms with Crippen LogP contribution in [0.25, 0.3) is 0 Å². The largest absolute Gasteiger partial charge is 0.382 e. The average molecular weight is 439 g/mol. The maximum Gasteiger partial charge on any atom is 0.238 e. The third-order valence-electron chi connectivity index (χ3n) is 3.83. The first-order valence-electron chi connectivity index (χ1n) is 8.17. The van der Waals surface area contributed by atoms with E-state index in [4.69, 9.17) is 27.1 Å². The Labute approximate surface area is 170 Å². The number of amidine groups is 1. The van der Waals surface area contributed by atoms with Crippen molar-refractivity contribution < 1.29 is 17.4 Å². The molecule has 0 spiro atoms. The standard InChI is InChI=1S/C17H16ClFN6O3S/c18-13-7-11(3-6-14(13)19)23-17(20)16-15(24-28-25-16)9-22-8-10-1-4-12(5-2-10)29(21,26)27/h1-7,22H,8-9H2,(H2,20,23)(H2,21,26,27). The highest BCUT2D eigenvalue weighted by atomic mass is 35.5. The van der Waals surface area contributed by atoms with Crippen molar-refractivity contribution in [1.29, 1.82) is 0 Å². The molecule has 0 aliphatic carbocycles. The van der Waals surface area contributed by atoms with E-state index in [2.05, 4.69) is 20.6 Å². The molecule has 1 heterocycles. The summed E-state index contributed by atoms with van der Waals surface area (Å²) in [7, 11) is -3.73. The average Bonchev–Trinajstić information content (AvgIpc) is 3.13. The number of sulfonamides is 1. The van der Waals surface area contributed by atoms with Gasteiger partial charge in [0.05, 0.1) is 15.6 Å². The van der Waals surface area contributed by atoms with Crippen LogP contribution in [0.15, 0.2) is 57.0 Å². The lowest BCUT2D eigenvalue weighted by molar-refractivity contribution is 0.301. The molecule has 5 N–H and O–H groups in total. The van der Waals surface area contributed by atoms with Crippen LogP contribution in [-0.2, 0) is 23.1 Å². The van der Waals surface area contributed by atoms with Gasteiger partial charge in [0.15, 0.2) is 11.5 Å². The van der Waals surface area contributed by atoms with Gasteiger partial charge in [0, 0.05) is 13.1 Å². The summed E-state index contributed by atoms with van der Waals surface area (Å²) >= 11 is 5.73. The maximum absolute atomic E-state index is 13.2. The van der Waals surface area contributed by atoms with Gasteiger partial charge in [-0.15, -0.1) is 0 Å². The third-order valence-corrected chi connectivity index (χ3v) is 5.04. The lowest BCUT2D eigenvalue weighted by atomic mass is 10.2. The van der Waals surface area contributed by atoms with E-state index in [1.54, 1.807) is 12.1 Å². The van der Waals surface area contributed by atoms with Crippen LogP contribution in [0.2, 0.25) is 5.02 Å². The molecule has 0 unspecified atom stereocenters. The van der Waals surface area contributed by atoms with E-state index in [-0.39, 0.29) is 28.0 Å². The van der Waals surface area contributed by atoms with Crippen LogP contribution >= 0.6 is 11.6 Å². The summed E-state index contributed by atoms with van der Waals surface area (Å²) in [6.45, 7) is 0.679. The first-order chi connectivity index (χ1) is 13.7. The van der Waals surface area contributed by atoms with Crippen molar-refractivity contribution in [3.8, 4) is 0 Å². The molecule has 0 amide bonds. The van der Waals surface area contributed by atoms with E-state index in [9.17, 15) is 12.8 Å². The van der Waals surface area contributed by atoms with Crippen molar-refractivity contribution in [2.75, 3.05) is 0 Å². The smallest absolute Gasteiger partial charge is 0.238 e. The van der Waals surface area contributed by atoms with Crippen molar-refractivity contribution in [2.45, 2.75) is 18.0 Å². The van der Waals surface area contributed by atoms with Crippen LogP contribution in [0.4, 0.5) is 10.1 Å². The lowest BCUT2D eigenvalue weighted by Gasteiger charge is -2.05. The van der Waals surface area contributed by atoms with Crippen LogP contribution in [0.1, 0.15) is 17.0 Å². The number of benzene rings is 2. The second-order valence-corrected chi connectivity index (χ2v) is 7.92. The normalized spacial score (nSPS) is 12.3. The van der Waals surface area contributed by atoms with Crippen molar-refractivity contribution in [1.82, 2.24) is 15.6 Å². The van der Waals surface area contributed by atoms with Crippen LogP contribution < -0.4 is 16.2 Å². The molecule has 0 fully saturated rings. The predicted molar refractivity (Wildman–Crippen MR) is 104 cm³/mol. The Morgan fingerprint density at radius 3 is 2.55 bits per heavy atom. The van der Waals surface area contributed by atoms with E-state index in [0.717, 1.165) is 5.56 Å². The van der Waals surface area contributed by atoms with E-state index in [1.165, 1.54) is 30.3 Å². The topological polar surface area (TPSA) is 149 Å². The summed E-state index contributed by atoms with van der Waals surface area (Å²) < 4.78 is 40.5. The highest BCUT2D eigenvalue weighted by Crippen LogP contribution is 2.22. The summed E-state index contributed by atoms with van der Waals surface area (Å²) in [5.74, 6) is -0.530. The zero-order valence-corrected chi connectivity index (χ0v) is 16.4. The molecule has 3 aromatic rings. The van der Waals surface area contributed by atoms with Crippen molar-refractivity contribution in [3.05, 3.63) is 70.3 Å². The summed E-state index contributed by atoms with van der Waals surface area (Å²) in [5, 5.41) is 15.7. The molecule has 152 valence electrons. The Morgan fingerprint density at radius 2 is 1.90 bits per heavy atom. The molecular formula is C17H16ClFN6O3S. The molecule has 0 radical (unpaired) electrons. The number of nitrogens with zero attached hydrogens (tertiary/aromatic N) is 3. The fraction of sp³-hybridized carbons (Fsp3) is 0.118. The number of aliphatic imine (C=N–C) groups is 1. The summed E-state index contributed by atoms with van der Waals surface area (Å²) in [6.07, 6.45) is 0. The zero-order chi connectivity index (χ0) is 21.0. The quantitative estimate of drug-likeness (QED) is 0.376. The first-order valence-corrected chi connectivity index (χ1v) is 10.1. The van der Waals surface area contributed by atoms with Gasteiger partial charge in [-0.3, -0.25) is 0 Å². The molecule has 0 saturated heterocycles. The highest BCUT2D eigenvalue weighted by molar-refractivity contribution is 7.89. The Hall–Kier alpha value is -2.86. The van der Waals surface area contributed by atoms with Gasteiger partial charge < -0.3 is 11.1 Å². The number of halogens is 2. The molecule has 0 aliphatic heterocycles. The molecule has 0 bridgehead atoms. The van der Waals surface area contributed by atoms with E-state index < -0.39 is 15.8 Å². The Morgan fingerprint density at radius 1 is 1.17 bits per heavy atom. The molecule has 12 heteroatoms. The van der Waals surface area contributed by atoms with Crippen LogP contribution in [0, 0.1) is 5.82 Å². The van der Waals surface area contributed by atoms with Crippen molar-refractivity contribution in [3.63, 3.8) is 0 Å². The lowest BCUT2D eigenvalue weighted by Crippen LogP contribution is -2.20. The van der Waals surface area contributed by atoms with E-state index in [1.807, 2.05) is 0 Å². The second kappa shape index (κ2) is 8.66. The van der Waals surface area contributed by atoms with Gasteiger partial charge >= 0.3 is 0 Å². The monoisotopic (exact) mass is 438 g/mol. The first kappa shape index (κ1) is 20.9. The number of aromatic nitrogens is 2. The fourth-order valence-corrected chi connectivity index (χ4v) is 3.08. The molecule has 2 aromatic carbocycles. The molecular weight excluding hydrogens is 423 g/mol. The van der Waals surface area contributed by atoms with Gasteiger partial charge in [-0.1, -0.05) is 28.9 Å². The molecule has 29 heavy (non-hydrogen) atoms. The molecule has 0 aliphatic rings. The number of hydrogen-bond acceptors (Lipinski definition) is 7. The highest BCUT2D eigenvalue weighted by Gasteiger charge is 2.14. The number of nitrogens with one attached hydrogen (secondary N) is 1. The minimum absolute atomic E-state index is 0.0308. The van der Waals surface area contributed by atoms with Crippen LogP contribution in [-0.4, -0.2) is 24.6 Å². The van der Waals surface area contributed by atoms with Gasteiger partial charge in [0.25, 0.3) is 0 Å². The summed E-state index contributed by atoms with van der Waals surface area (Å²) in [5.41, 5.74) is 7.79.